The molecule has 4 atom stereocenters. The Morgan fingerprint density at radius 1 is 1.27 bits per heavy atom. The molecule has 0 saturated carbocycles. The molecule has 0 aromatic heterocycles. The summed E-state index contributed by atoms with van der Waals surface area (Å²) in [4.78, 5) is 42.3. The highest BCUT2D eigenvalue weighted by Crippen LogP contribution is 2.59. The molecule has 2 aromatic carbocycles. The summed E-state index contributed by atoms with van der Waals surface area (Å²) in [5.41, 5.74) is 0.912. The van der Waals surface area contributed by atoms with Gasteiger partial charge in [-0.3, -0.25) is 9.59 Å². The zero-order chi connectivity index (χ0) is 27.0. The predicted octanol–water partition coefficient (Wildman–Crippen LogP) is 4.03. The number of aliphatic hydroxyl groups excluding tert-OH is 1. The van der Waals surface area contributed by atoms with Crippen molar-refractivity contribution in [2.24, 2.45) is 5.92 Å². The van der Waals surface area contributed by atoms with Gasteiger partial charge in [0.05, 0.1) is 24.8 Å². The molecule has 4 rings (SSSR count). The van der Waals surface area contributed by atoms with Gasteiger partial charge in [-0.25, -0.2) is 0 Å². The van der Waals surface area contributed by atoms with E-state index in [1.54, 1.807) is 15.9 Å². The van der Waals surface area contributed by atoms with E-state index in [4.69, 9.17) is 4.74 Å². The molecule has 2 amide bonds. The van der Waals surface area contributed by atoms with Crippen LogP contribution in [-0.4, -0.2) is 60.7 Å². The standard InChI is InChI=1S/C28H35IN2O5Si/c1-5-13-31-23-12-11-21(29)16-22(23)28(27(31)34)19(2)26(37(3,4)35)24(36-28)17-25(33)30(14-15-32)18-20-9-7-6-8-10-20/h5-12,16,19,24,26,32,35H,1,13-15,17-18H2,2-4H3/t19-,24+,26-,28+/m1/s1. The van der Waals surface area contributed by atoms with E-state index in [0.29, 0.717) is 13.1 Å². The summed E-state index contributed by atoms with van der Waals surface area (Å²) in [6.45, 7) is 10.2. The monoisotopic (exact) mass is 634 g/mol. The molecule has 0 radical (unpaired) electrons. The topological polar surface area (TPSA) is 90.3 Å². The number of carbonyl (C=O) groups excluding carboxylic acids is 2. The highest BCUT2D eigenvalue weighted by atomic mass is 127. The van der Waals surface area contributed by atoms with Gasteiger partial charge in [0.1, 0.15) is 0 Å². The summed E-state index contributed by atoms with van der Waals surface area (Å²) in [6.07, 6.45) is 1.08. The Morgan fingerprint density at radius 2 is 1.97 bits per heavy atom. The number of anilines is 1. The summed E-state index contributed by atoms with van der Waals surface area (Å²) in [6, 6.07) is 15.5. The molecule has 0 bridgehead atoms. The van der Waals surface area contributed by atoms with Crippen LogP contribution in [0, 0.1) is 9.49 Å². The van der Waals surface area contributed by atoms with Crippen LogP contribution in [0.2, 0.25) is 18.6 Å². The first-order chi connectivity index (χ1) is 17.5. The Morgan fingerprint density at radius 3 is 2.59 bits per heavy atom. The van der Waals surface area contributed by atoms with E-state index in [-0.39, 0.29) is 42.8 Å². The molecular formula is C28H35IN2O5Si. The average Bonchev–Trinajstić information content (AvgIpc) is 3.26. The third-order valence-electron chi connectivity index (χ3n) is 7.57. The molecule has 7 nitrogen and oxygen atoms in total. The molecule has 2 aliphatic heterocycles. The first-order valence-electron chi connectivity index (χ1n) is 12.6. The van der Waals surface area contributed by atoms with Crippen LogP contribution in [-0.2, 0) is 26.5 Å². The number of hydrogen-bond donors (Lipinski definition) is 2. The minimum absolute atomic E-state index is 0.0224. The zero-order valence-corrected chi connectivity index (χ0v) is 24.7. The van der Waals surface area contributed by atoms with Crippen LogP contribution in [0.25, 0.3) is 0 Å². The molecule has 1 spiro atoms. The fourth-order valence-corrected chi connectivity index (χ4v) is 9.12. The Bertz CT molecular complexity index is 1170. The van der Waals surface area contributed by atoms with E-state index < -0.39 is 20.0 Å². The maximum atomic E-state index is 14.0. The number of halogens is 1. The number of rotatable bonds is 9. The molecule has 2 heterocycles. The normalized spacial score (nSPS) is 25.0. The van der Waals surface area contributed by atoms with Crippen LogP contribution in [0.5, 0.6) is 0 Å². The van der Waals surface area contributed by atoms with Crippen molar-refractivity contribution in [1.82, 2.24) is 4.90 Å². The molecule has 2 aromatic rings. The third-order valence-corrected chi connectivity index (χ3v) is 10.7. The van der Waals surface area contributed by atoms with Crippen LogP contribution in [0.15, 0.2) is 61.2 Å². The van der Waals surface area contributed by atoms with Gasteiger partial charge in [0.2, 0.25) is 5.91 Å². The second kappa shape index (κ2) is 11.0. The average molecular weight is 635 g/mol. The first kappa shape index (κ1) is 28.0. The summed E-state index contributed by atoms with van der Waals surface area (Å²) in [7, 11) is -2.88. The van der Waals surface area contributed by atoms with E-state index >= 15 is 0 Å². The molecule has 1 fully saturated rings. The number of fused-ring (bicyclic) bond motifs is 2. The highest BCUT2D eigenvalue weighted by molar-refractivity contribution is 14.1. The van der Waals surface area contributed by atoms with Gasteiger partial charge in [0.15, 0.2) is 13.9 Å². The van der Waals surface area contributed by atoms with Crippen molar-refractivity contribution >= 4 is 48.4 Å². The van der Waals surface area contributed by atoms with Crippen LogP contribution in [0.3, 0.4) is 0 Å². The lowest BCUT2D eigenvalue weighted by molar-refractivity contribution is -0.149. The van der Waals surface area contributed by atoms with Crippen molar-refractivity contribution in [3.8, 4) is 0 Å². The number of benzene rings is 2. The van der Waals surface area contributed by atoms with Crippen molar-refractivity contribution in [1.29, 1.82) is 0 Å². The fourth-order valence-electron chi connectivity index (χ4n) is 6.08. The molecule has 2 aliphatic rings. The van der Waals surface area contributed by atoms with Crippen LogP contribution in [0.4, 0.5) is 5.69 Å². The van der Waals surface area contributed by atoms with Gasteiger partial charge in [0, 0.05) is 40.2 Å². The predicted molar refractivity (Wildman–Crippen MR) is 154 cm³/mol. The molecule has 198 valence electrons. The van der Waals surface area contributed by atoms with Crippen LogP contribution >= 0.6 is 22.6 Å². The first-order valence-corrected chi connectivity index (χ1v) is 16.7. The Balaban J connectivity index is 1.70. The van der Waals surface area contributed by atoms with E-state index in [2.05, 4.69) is 29.2 Å². The van der Waals surface area contributed by atoms with Gasteiger partial charge >= 0.3 is 0 Å². The van der Waals surface area contributed by atoms with Gasteiger partial charge in [-0.2, -0.15) is 0 Å². The lowest BCUT2D eigenvalue weighted by atomic mass is 9.82. The van der Waals surface area contributed by atoms with Crippen molar-refractivity contribution < 1.29 is 24.2 Å². The molecule has 9 heteroatoms. The van der Waals surface area contributed by atoms with Crippen molar-refractivity contribution in [2.75, 3.05) is 24.6 Å². The minimum atomic E-state index is -2.88. The van der Waals surface area contributed by atoms with Crippen molar-refractivity contribution in [3.05, 3.63) is 75.9 Å². The third kappa shape index (κ3) is 5.16. The minimum Gasteiger partial charge on any atom is -0.432 e. The number of aliphatic hydroxyl groups is 1. The molecule has 37 heavy (non-hydrogen) atoms. The van der Waals surface area contributed by atoms with E-state index in [1.807, 2.05) is 68.5 Å². The smallest absolute Gasteiger partial charge is 0.264 e. The fraction of sp³-hybridized carbons (Fsp3) is 0.429. The summed E-state index contributed by atoms with van der Waals surface area (Å²) in [5.74, 6) is -0.685. The van der Waals surface area contributed by atoms with Crippen LogP contribution in [0.1, 0.15) is 24.5 Å². The highest BCUT2D eigenvalue weighted by Gasteiger charge is 2.66. The quantitative estimate of drug-likeness (QED) is 0.247. The maximum Gasteiger partial charge on any atom is 0.264 e. The van der Waals surface area contributed by atoms with Gasteiger partial charge in [0.25, 0.3) is 5.91 Å². The van der Waals surface area contributed by atoms with Gasteiger partial charge in [-0.05, 0) is 59.4 Å². The van der Waals surface area contributed by atoms with Gasteiger partial charge in [-0.1, -0.05) is 43.3 Å². The largest absolute Gasteiger partial charge is 0.432 e. The molecule has 2 N–H and O–H groups in total. The summed E-state index contributed by atoms with van der Waals surface area (Å²) in [5, 5.41) is 9.65. The maximum absolute atomic E-state index is 14.0. The lowest BCUT2D eigenvalue weighted by Gasteiger charge is -2.32. The lowest BCUT2D eigenvalue weighted by Crippen LogP contribution is -2.46. The summed E-state index contributed by atoms with van der Waals surface area (Å²) >= 11 is 2.23. The van der Waals surface area contributed by atoms with Crippen molar-refractivity contribution in [3.63, 3.8) is 0 Å². The zero-order valence-electron chi connectivity index (χ0n) is 21.6. The van der Waals surface area contributed by atoms with Crippen LogP contribution < -0.4 is 4.90 Å². The number of ether oxygens (including phenoxy) is 1. The van der Waals surface area contributed by atoms with E-state index in [1.165, 1.54) is 0 Å². The van der Waals surface area contributed by atoms with Crippen molar-refractivity contribution in [2.45, 2.75) is 50.2 Å². The number of carbonyl (C=O) groups is 2. The second-order valence-electron chi connectivity index (χ2n) is 10.5. The van der Waals surface area contributed by atoms with E-state index in [0.717, 1.165) is 20.4 Å². The molecule has 0 aliphatic carbocycles. The molecule has 0 unspecified atom stereocenters. The number of nitrogens with zero attached hydrogens (tertiary/aromatic N) is 2. The summed E-state index contributed by atoms with van der Waals surface area (Å²) < 4.78 is 7.70. The molecular weight excluding hydrogens is 599 g/mol. The number of amides is 2. The molecule has 1 saturated heterocycles. The SMILES string of the molecule is C=CCN1C(=O)[C@@]2(O[C@@H](CC(=O)N(CCO)Cc3ccccc3)[C@H]([Si](C)(C)O)[C@H]2C)c2cc(I)ccc21. The Kier molecular flexibility index (Phi) is 8.30. The van der Waals surface area contributed by atoms with E-state index in [9.17, 15) is 19.5 Å². The van der Waals surface area contributed by atoms with Gasteiger partial charge < -0.3 is 24.4 Å². The Hall–Kier alpha value is -2.05. The second-order valence-corrected chi connectivity index (χ2v) is 15.7. The number of hydrogen-bond acceptors (Lipinski definition) is 5. The van der Waals surface area contributed by atoms with Gasteiger partial charge in [-0.15, -0.1) is 6.58 Å². The Labute approximate surface area is 233 Å².